The maximum atomic E-state index is 8.99. The molecule has 2 aromatic heterocycles. The molecule has 0 amide bonds. The number of nitrogens with one attached hydrogen (secondary N) is 1. The number of para-hydroxylation sites is 1. The number of hydrogen-bond acceptors (Lipinski definition) is 5. The van der Waals surface area contributed by atoms with Gasteiger partial charge in [0.05, 0.1) is 17.3 Å². The van der Waals surface area contributed by atoms with Gasteiger partial charge in [-0.25, -0.2) is 9.67 Å². The lowest BCUT2D eigenvalue weighted by Gasteiger charge is -2.12. The van der Waals surface area contributed by atoms with Gasteiger partial charge in [0.1, 0.15) is 36.5 Å². The Kier molecular flexibility index (Phi) is 3.89. The van der Waals surface area contributed by atoms with E-state index in [2.05, 4.69) is 15.4 Å². The summed E-state index contributed by atoms with van der Waals surface area (Å²) < 4.78 is 7.04. The van der Waals surface area contributed by atoms with Crippen LogP contribution in [0, 0.1) is 0 Å². The molecule has 6 nitrogen and oxygen atoms in total. The van der Waals surface area contributed by atoms with Crippen molar-refractivity contribution in [1.82, 2.24) is 14.8 Å². The Labute approximate surface area is 126 Å². The molecular weight excluding hydrogens is 292 g/mol. The molecule has 0 aliphatic rings. The molecule has 0 saturated carbocycles. The maximum absolute atomic E-state index is 8.99. The molecule has 108 valence electrons. The highest BCUT2D eigenvalue weighted by Crippen LogP contribution is 2.28. The molecule has 2 N–H and O–H groups in total. The third-order valence-corrected chi connectivity index (χ3v) is 3.27. The number of halogens is 1. The standard InChI is InChI=1S/C14H13ClN4O2/c15-12-2-1-3-13(14(12)19-9-16-8-18-19)17-6-10-4-5-11(7-20)21-10/h1-5,8-9,17,20H,6-7H2. The topological polar surface area (TPSA) is 76.1 Å². The molecule has 1 aromatic carbocycles. The van der Waals surface area contributed by atoms with Gasteiger partial charge in [-0.2, -0.15) is 5.10 Å². The summed E-state index contributed by atoms with van der Waals surface area (Å²) in [6, 6.07) is 9.11. The molecule has 0 bridgehead atoms. The average Bonchev–Trinajstić information content (AvgIpc) is 3.16. The predicted molar refractivity (Wildman–Crippen MR) is 78.3 cm³/mol. The van der Waals surface area contributed by atoms with Crippen molar-refractivity contribution < 1.29 is 9.52 Å². The van der Waals surface area contributed by atoms with Crippen LogP contribution >= 0.6 is 11.6 Å². The molecule has 0 atom stereocenters. The van der Waals surface area contributed by atoms with Crippen LogP contribution in [0.1, 0.15) is 11.5 Å². The van der Waals surface area contributed by atoms with Gasteiger partial charge in [0, 0.05) is 0 Å². The van der Waals surface area contributed by atoms with Gasteiger partial charge in [0.15, 0.2) is 0 Å². The summed E-state index contributed by atoms with van der Waals surface area (Å²) in [4.78, 5) is 3.93. The highest BCUT2D eigenvalue weighted by molar-refractivity contribution is 6.33. The number of hydrogen-bond donors (Lipinski definition) is 2. The normalized spacial score (nSPS) is 10.8. The molecule has 7 heteroatoms. The number of rotatable bonds is 5. The number of aromatic nitrogens is 3. The van der Waals surface area contributed by atoms with Crippen molar-refractivity contribution in [1.29, 1.82) is 0 Å². The Bertz CT molecular complexity index is 724. The van der Waals surface area contributed by atoms with Gasteiger partial charge in [0.25, 0.3) is 0 Å². The summed E-state index contributed by atoms with van der Waals surface area (Å²) in [5, 5.41) is 16.9. The maximum Gasteiger partial charge on any atom is 0.138 e. The van der Waals surface area contributed by atoms with Crippen LogP contribution in [0.15, 0.2) is 47.4 Å². The second-order valence-corrected chi connectivity index (χ2v) is 4.76. The van der Waals surface area contributed by atoms with Crippen molar-refractivity contribution in [3.05, 3.63) is 59.5 Å². The van der Waals surface area contributed by atoms with Crippen LogP contribution in [0.25, 0.3) is 5.69 Å². The van der Waals surface area contributed by atoms with E-state index in [-0.39, 0.29) is 6.61 Å². The van der Waals surface area contributed by atoms with Crippen LogP contribution in [-0.2, 0) is 13.2 Å². The summed E-state index contributed by atoms with van der Waals surface area (Å²) in [5.41, 5.74) is 1.54. The minimum Gasteiger partial charge on any atom is -0.462 e. The minimum absolute atomic E-state index is 0.110. The SMILES string of the molecule is OCc1ccc(CNc2cccc(Cl)c2-n2cncn2)o1. The quantitative estimate of drug-likeness (QED) is 0.758. The number of furan rings is 1. The highest BCUT2D eigenvalue weighted by atomic mass is 35.5. The van der Waals surface area contributed by atoms with Gasteiger partial charge < -0.3 is 14.8 Å². The molecule has 0 fully saturated rings. The fourth-order valence-electron chi connectivity index (χ4n) is 2.00. The lowest BCUT2D eigenvalue weighted by Crippen LogP contribution is -2.05. The zero-order chi connectivity index (χ0) is 14.7. The van der Waals surface area contributed by atoms with Gasteiger partial charge in [-0.1, -0.05) is 17.7 Å². The molecule has 0 unspecified atom stereocenters. The third kappa shape index (κ3) is 2.91. The molecule has 2 heterocycles. The molecule has 0 radical (unpaired) electrons. The van der Waals surface area contributed by atoms with E-state index in [9.17, 15) is 0 Å². The largest absolute Gasteiger partial charge is 0.462 e. The van der Waals surface area contributed by atoms with Gasteiger partial charge in [-0.3, -0.25) is 0 Å². The molecule has 0 aliphatic carbocycles. The van der Waals surface area contributed by atoms with Crippen LogP contribution in [-0.4, -0.2) is 19.9 Å². The van der Waals surface area contributed by atoms with E-state index in [1.54, 1.807) is 23.1 Å². The van der Waals surface area contributed by atoms with Crippen LogP contribution in [0.4, 0.5) is 5.69 Å². The summed E-state index contributed by atoms with van der Waals surface area (Å²) in [7, 11) is 0. The molecule has 0 aliphatic heterocycles. The van der Waals surface area contributed by atoms with Crippen molar-refractivity contribution in [2.75, 3.05) is 5.32 Å². The number of benzene rings is 1. The Balaban J connectivity index is 1.84. The first-order chi connectivity index (χ1) is 10.3. The lowest BCUT2D eigenvalue weighted by molar-refractivity contribution is 0.244. The van der Waals surface area contributed by atoms with Crippen molar-refractivity contribution >= 4 is 17.3 Å². The van der Waals surface area contributed by atoms with Gasteiger partial charge >= 0.3 is 0 Å². The van der Waals surface area contributed by atoms with E-state index < -0.39 is 0 Å². The highest BCUT2D eigenvalue weighted by Gasteiger charge is 2.10. The van der Waals surface area contributed by atoms with Crippen molar-refractivity contribution in [2.24, 2.45) is 0 Å². The van der Waals surface area contributed by atoms with E-state index in [1.165, 1.54) is 6.33 Å². The molecule has 3 aromatic rings. The van der Waals surface area contributed by atoms with Crippen molar-refractivity contribution in [3.63, 3.8) is 0 Å². The van der Waals surface area contributed by atoms with Gasteiger partial charge in [0.2, 0.25) is 0 Å². The predicted octanol–water partition coefficient (Wildman–Crippen LogP) is 2.62. The zero-order valence-electron chi connectivity index (χ0n) is 11.0. The zero-order valence-corrected chi connectivity index (χ0v) is 11.8. The fraction of sp³-hybridized carbons (Fsp3) is 0.143. The first kappa shape index (κ1) is 13.7. The lowest BCUT2D eigenvalue weighted by atomic mass is 10.2. The van der Waals surface area contributed by atoms with Crippen LogP contribution < -0.4 is 5.32 Å². The average molecular weight is 305 g/mol. The van der Waals surface area contributed by atoms with Gasteiger partial charge in [-0.15, -0.1) is 0 Å². The Hall–Kier alpha value is -2.31. The second kappa shape index (κ2) is 5.99. The monoisotopic (exact) mass is 304 g/mol. The van der Waals surface area contributed by atoms with Crippen LogP contribution in [0.5, 0.6) is 0 Å². The second-order valence-electron chi connectivity index (χ2n) is 4.36. The van der Waals surface area contributed by atoms with Crippen molar-refractivity contribution in [3.8, 4) is 5.69 Å². The first-order valence-electron chi connectivity index (χ1n) is 6.34. The smallest absolute Gasteiger partial charge is 0.138 e. The molecule has 0 saturated heterocycles. The van der Waals surface area contributed by atoms with E-state index >= 15 is 0 Å². The third-order valence-electron chi connectivity index (χ3n) is 2.96. The number of aliphatic hydroxyl groups excluding tert-OH is 1. The van der Waals surface area contributed by atoms with Gasteiger partial charge in [-0.05, 0) is 24.3 Å². The van der Waals surface area contributed by atoms with Crippen LogP contribution in [0.3, 0.4) is 0 Å². The van der Waals surface area contributed by atoms with E-state index in [0.29, 0.717) is 17.3 Å². The number of nitrogens with zero attached hydrogens (tertiary/aromatic N) is 3. The summed E-state index contributed by atoms with van der Waals surface area (Å²) in [5.74, 6) is 1.26. The van der Waals surface area contributed by atoms with E-state index in [0.717, 1.165) is 17.1 Å². The fourth-order valence-corrected chi connectivity index (χ4v) is 2.26. The Morgan fingerprint density at radius 1 is 1.24 bits per heavy atom. The number of aliphatic hydroxyl groups is 1. The minimum atomic E-state index is -0.110. The molecule has 21 heavy (non-hydrogen) atoms. The molecule has 3 rings (SSSR count). The Morgan fingerprint density at radius 3 is 2.81 bits per heavy atom. The first-order valence-corrected chi connectivity index (χ1v) is 6.71. The molecule has 0 spiro atoms. The van der Waals surface area contributed by atoms with E-state index in [4.69, 9.17) is 21.1 Å². The van der Waals surface area contributed by atoms with Crippen LogP contribution in [0.2, 0.25) is 5.02 Å². The number of anilines is 1. The summed E-state index contributed by atoms with van der Waals surface area (Å²) in [6.07, 6.45) is 3.04. The Morgan fingerprint density at radius 2 is 2.10 bits per heavy atom. The molecular formula is C14H13ClN4O2. The summed E-state index contributed by atoms with van der Waals surface area (Å²) in [6.45, 7) is 0.364. The summed E-state index contributed by atoms with van der Waals surface area (Å²) >= 11 is 6.24. The van der Waals surface area contributed by atoms with E-state index in [1.807, 2.05) is 18.2 Å². The van der Waals surface area contributed by atoms with Crippen molar-refractivity contribution in [2.45, 2.75) is 13.2 Å².